The number of benzene rings is 2. The molecule has 4 aromatic heterocycles. The monoisotopic (exact) mass is 615 g/mol. The fourth-order valence-electron chi connectivity index (χ4n) is 4.08. The molecular weight excluding hydrogens is 595 g/mol. The van der Waals surface area contributed by atoms with Crippen LogP contribution in [0.2, 0.25) is 0 Å². The van der Waals surface area contributed by atoms with Crippen LogP contribution in [0.4, 0.5) is 0 Å². The van der Waals surface area contributed by atoms with Gasteiger partial charge in [0, 0.05) is 21.5 Å². The molecule has 1 radical (unpaired) electrons. The molecule has 0 aliphatic rings. The molecule has 0 spiro atoms. The first kappa shape index (κ1) is 31.8. The van der Waals surface area contributed by atoms with E-state index in [0.29, 0.717) is 32.8 Å². The Morgan fingerprint density at radius 3 is 1.05 bits per heavy atom. The van der Waals surface area contributed by atoms with Crippen molar-refractivity contribution in [3.05, 3.63) is 95.6 Å². The van der Waals surface area contributed by atoms with Gasteiger partial charge in [0.15, 0.2) is 12.6 Å². The normalized spacial score (nSPS) is 10.8. The number of carbonyl (C=O) groups is 2. The van der Waals surface area contributed by atoms with E-state index >= 15 is 0 Å². The molecule has 0 aliphatic carbocycles. The van der Waals surface area contributed by atoms with Gasteiger partial charge in [0.2, 0.25) is 0 Å². The van der Waals surface area contributed by atoms with Crippen molar-refractivity contribution in [2.75, 3.05) is 0 Å². The Morgan fingerprint density at radius 1 is 0.500 bits per heavy atom. The van der Waals surface area contributed by atoms with E-state index in [4.69, 9.17) is 20.4 Å². The molecule has 215 valence electrons. The van der Waals surface area contributed by atoms with Crippen LogP contribution < -0.4 is 10.2 Å². The molecule has 2 aromatic carbocycles. The van der Waals surface area contributed by atoms with Crippen molar-refractivity contribution in [1.29, 1.82) is 0 Å². The molecule has 6 aromatic rings. The molecule has 6 N–H and O–H groups in total. The van der Waals surface area contributed by atoms with Gasteiger partial charge in [-0.3, -0.25) is 0 Å². The number of nitrogens with zero attached hydrogens (tertiary/aromatic N) is 4. The fraction of sp³-hybridized carbons (Fsp3) is 0.0714. The molecule has 0 atom stereocenters. The van der Waals surface area contributed by atoms with E-state index < -0.39 is 24.5 Å². The third kappa shape index (κ3) is 6.29. The molecule has 0 saturated heterocycles. The van der Waals surface area contributed by atoms with Crippen molar-refractivity contribution >= 4 is 55.6 Å². The molecule has 0 bridgehead atoms. The van der Waals surface area contributed by atoms with Crippen LogP contribution in [0, 0.1) is 0 Å². The average molecular weight is 615 g/mol. The van der Waals surface area contributed by atoms with E-state index in [-0.39, 0.29) is 45.0 Å². The largest absolute Gasteiger partial charge is 2.00 e. The van der Waals surface area contributed by atoms with Crippen LogP contribution in [0.5, 0.6) is 0 Å². The summed E-state index contributed by atoms with van der Waals surface area (Å²) in [7, 11) is 0. The Labute approximate surface area is 245 Å². The Hall–Kier alpha value is -4.67. The van der Waals surface area contributed by atoms with Gasteiger partial charge in [-0.2, -0.15) is 0 Å². The Kier molecular flexibility index (Phi) is 9.77. The van der Waals surface area contributed by atoms with Gasteiger partial charge < -0.3 is 45.7 Å². The fourth-order valence-corrected chi connectivity index (χ4v) is 4.08. The minimum Gasteiger partial charge on any atom is -0.543 e. The standard InChI is InChI=1S/2C14H10N2O4.Co.H2O/c2*17-13(18)9-5-3-7-1-2-8-4-6-10(14(19)20)16-12(8)11(7)15-9;;/h2*1-6,13,17-18H,(H,19,20);;1H2/q;;+2;/p-2. The number of carboxylic acids is 2. The van der Waals surface area contributed by atoms with E-state index in [2.05, 4.69) is 19.9 Å². The number of hydrogen-bond acceptors (Lipinski definition) is 12. The number of aromatic nitrogens is 4. The molecule has 0 fully saturated rings. The van der Waals surface area contributed by atoms with Crippen molar-refractivity contribution in [1.82, 2.24) is 19.9 Å². The van der Waals surface area contributed by atoms with Crippen LogP contribution in [0.15, 0.2) is 72.8 Å². The van der Waals surface area contributed by atoms with Crippen LogP contribution in [0.1, 0.15) is 44.9 Å². The zero-order chi connectivity index (χ0) is 28.6. The predicted octanol–water partition coefficient (Wildman–Crippen LogP) is -0.568. The number of hydrogen-bond donors (Lipinski definition) is 4. The predicted molar refractivity (Wildman–Crippen MR) is 141 cm³/mol. The van der Waals surface area contributed by atoms with E-state index in [9.17, 15) is 19.8 Å². The first-order chi connectivity index (χ1) is 19.1. The molecule has 6 rings (SSSR count). The molecular formula is C28H20CoN4O9. The Balaban J connectivity index is 0.000000220. The molecule has 14 heteroatoms. The number of aliphatic hydroxyl groups is 4. The molecule has 0 saturated carbocycles. The number of rotatable bonds is 4. The summed E-state index contributed by atoms with van der Waals surface area (Å²) in [4.78, 5) is 38.0. The molecule has 42 heavy (non-hydrogen) atoms. The SMILES string of the molecule is O.O=C([O-])c1ccc2ccc3ccc(C(O)O)nc3c2n1.O=C([O-])c1ccc2ccc3ccc(C(O)O)nc3c2n1.[Co+2]. The number of carbonyl (C=O) groups excluding carboxylic acids is 2. The van der Waals surface area contributed by atoms with E-state index in [1.807, 2.05) is 0 Å². The topological polar surface area (TPSA) is 244 Å². The van der Waals surface area contributed by atoms with Gasteiger partial charge in [-0.05, 0) is 24.3 Å². The zero-order valence-electron chi connectivity index (χ0n) is 21.1. The maximum Gasteiger partial charge on any atom is 2.00 e. The second kappa shape index (κ2) is 12.9. The molecule has 0 amide bonds. The average Bonchev–Trinajstić information content (AvgIpc) is 2.96. The van der Waals surface area contributed by atoms with Crippen LogP contribution in [0.3, 0.4) is 0 Å². The van der Waals surface area contributed by atoms with Crippen molar-refractivity contribution in [2.45, 2.75) is 12.6 Å². The number of pyridine rings is 4. The van der Waals surface area contributed by atoms with Crippen molar-refractivity contribution in [3.8, 4) is 0 Å². The van der Waals surface area contributed by atoms with Crippen LogP contribution in [-0.4, -0.2) is 57.8 Å². The summed E-state index contributed by atoms with van der Waals surface area (Å²) in [5, 5.41) is 61.3. The van der Waals surface area contributed by atoms with Gasteiger partial charge in [0.05, 0.1) is 56.8 Å². The summed E-state index contributed by atoms with van der Waals surface area (Å²) >= 11 is 0. The first-order valence-electron chi connectivity index (χ1n) is 11.7. The van der Waals surface area contributed by atoms with Crippen LogP contribution >= 0.6 is 0 Å². The third-order valence-electron chi connectivity index (χ3n) is 6.03. The second-order valence-corrected chi connectivity index (χ2v) is 8.61. The quantitative estimate of drug-likeness (QED) is 0.144. The van der Waals surface area contributed by atoms with E-state index in [1.54, 1.807) is 48.5 Å². The number of fused-ring (bicyclic) bond motifs is 6. The van der Waals surface area contributed by atoms with E-state index in [1.165, 1.54) is 24.3 Å². The van der Waals surface area contributed by atoms with Gasteiger partial charge in [-0.1, -0.05) is 48.5 Å². The minimum atomic E-state index is -1.70. The smallest absolute Gasteiger partial charge is 0.543 e. The van der Waals surface area contributed by atoms with Crippen molar-refractivity contribution in [3.63, 3.8) is 0 Å². The number of aromatic carboxylic acids is 2. The zero-order valence-corrected chi connectivity index (χ0v) is 22.2. The maximum absolute atomic E-state index is 10.9. The maximum atomic E-state index is 10.9. The van der Waals surface area contributed by atoms with Crippen LogP contribution in [0.25, 0.3) is 43.6 Å². The minimum absolute atomic E-state index is 0. The summed E-state index contributed by atoms with van der Waals surface area (Å²) in [5.41, 5.74) is 1.35. The van der Waals surface area contributed by atoms with Gasteiger partial charge >= 0.3 is 16.8 Å². The Bertz CT molecular complexity index is 1810. The van der Waals surface area contributed by atoms with Crippen LogP contribution in [-0.2, 0) is 16.8 Å². The summed E-state index contributed by atoms with van der Waals surface area (Å²) < 4.78 is 0. The Morgan fingerprint density at radius 2 is 0.762 bits per heavy atom. The molecule has 0 aliphatic heterocycles. The summed E-state index contributed by atoms with van der Waals surface area (Å²) in [5.74, 6) is -2.75. The second-order valence-electron chi connectivity index (χ2n) is 8.61. The van der Waals surface area contributed by atoms with Gasteiger partial charge in [-0.15, -0.1) is 0 Å². The van der Waals surface area contributed by atoms with Gasteiger partial charge in [0.25, 0.3) is 0 Å². The van der Waals surface area contributed by atoms with Gasteiger partial charge in [-0.25, -0.2) is 19.9 Å². The molecule has 4 heterocycles. The molecule has 0 unspecified atom stereocenters. The van der Waals surface area contributed by atoms with Crippen molar-refractivity contribution < 1.29 is 62.5 Å². The van der Waals surface area contributed by atoms with Gasteiger partial charge in [0.1, 0.15) is 0 Å². The number of carboxylic acid groups (broad SMARTS) is 2. The third-order valence-corrected chi connectivity index (χ3v) is 6.03. The van der Waals surface area contributed by atoms with Crippen molar-refractivity contribution in [2.24, 2.45) is 0 Å². The number of aliphatic hydroxyl groups excluding tert-OH is 2. The summed E-state index contributed by atoms with van der Waals surface area (Å²) in [6.07, 6.45) is -3.39. The molecule has 13 nitrogen and oxygen atoms in total. The van der Waals surface area contributed by atoms with E-state index in [0.717, 1.165) is 10.8 Å². The summed E-state index contributed by atoms with van der Waals surface area (Å²) in [6.45, 7) is 0. The first-order valence-corrected chi connectivity index (χ1v) is 11.7. The summed E-state index contributed by atoms with van der Waals surface area (Å²) in [6, 6.07) is 19.4.